The van der Waals surface area contributed by atoms with Crippen molar-refractivity contribution in [2.75, 3.05) is 0 Å². The van der Waals surface area contributed by atoms with E-state index in [-0.39, 0.29) is 5.97 Å². The zero-order valence-corrected chi connectivity index (χ0v) is 11.0. The van der Waals surface area contributed by atoms with Crippen molar-refractivity contribution in [3.05, 3.63) is 24.0 Å². The second kappa shape index (κ2) is 9.20. The summed E-state index contributed by atoms with van der Waals surface area (Å²) in [4.78, 5) is 11.3. The number of esters is 1. The minimum absolute atomic E-state index is 0.114. The Hall–Kier alpha value is -1.05. The van der Waals surface area contributed by atoms with Crippen molar-refractivity contribution in [1.29, 1.82) is 0 Å². The topological polar surface area (TPSA) is 26.3 Å². The third-order valence-corrected chi connectivity index (χ3v) is 2.12. The Morgan fingerprint density at radius 3 is 2.56 bits per heavy atom. The summed E-state index contributed by atoms with van der Waals surface area (Å²) in [6.45, 7) is 8.21. The van der Waals surface area contributed by atoms with E-state index in [2.05, 4.69) is 13.8 Å². The maximum atomic E-state index is 11.3. The largest absolute Gasteiger partial charge is 0.427 e. The lowest BCUT2D eigenvalue weighted by Crippen LogP contribution is -2.05. The fraction of sp³-hybridized carbons (Fsp3) is 0.643. The molecule has 0 atom stereocenters. The van der Waals surface area contributed by atoms with Gasteiger partial charge in [0.15, 0.2) is 0 Å². The molecule has 2 heteroatoms. The summed E-state index contributed by atoms with van der Waals surface area (Å²) in [5, 5.41) is 0. The van der Waals surface area contributed by atoms with Gasteiger partial charge in [0.25, 0.3) is 0 Å². The molecule has 0 aromatic carbocycles. The van der Waals surface area contributed by atoms with Crippen molar-refractivity contribution >= 4 is 5.97 Å². The zero-order chi connectivity index (χ0) is 12.4. The van der Waals surface area contributed by atoms with Crippen molar-refractivity contribution in [3.63, 3.8) is 0 Å². The van der Waals surface area contributed by atoms with Crippen LogP contribution >= 0.6 is 0 Å². The number of rotatable bonds is 4. The van der Waals surface area contributed by atoms with Crippen LogP contribution in [-0.2, 0) is 9.53 Å². The highest BCUT2D eigenvalue weighted by atomic mass is 16.5. The Bertz CT molecular complexity index is 249. The van der Waals surface area contributed by atoms with Crippen molar-refractivity contribution in [2.24, 2.45) is 5.92 Å². The third kappa shape index (κ3) is 7.27. The molecule has 0 aliphatic heterocycles. The standard InChI is InChI=1S/C12H18O2.C2H6/c1-10(2)8-9-12(13)14-11-6-4-3-5-7-11;1-2/h4,6-7,10H,3,5,8-9H2,1-2H3;1-2H3. The minimum Gasteiger partial charge on any atom is -0.427 e. The average molecular weight is 224 g/mol. The van der Waals surface area contributed by atoms with Crippen molar-refractivity contribution in [3.8, 4) is 0 Å². The van der Waals surface area contributed by atoms with E-state index in [0.29, 0.717) is 18.1 Å². The van der Waals surface area contributed by atoms with Gasteiger partial charge in [0.05, 0.1) is 0 Å². The first-order valence-electron chi connectivity index (χ1n) is 6.26. The van der Waals surface area contributed by atoms with Crippen LogP contribution in [0, 0.1) is 5.92 Å². The highest BCUT2D eigenvalue weighted by Crippen LogP contribution is 2.13. The van der Waals surface area contributed by atoms with Gasteiger partial charge in [0.2, 0.25) is 0 Å². The molecule has 0 spiro atoms. The van der Waals surface area contributed by atoms with Gasteiger partial charge in [-0.2, -0.15) is 0 Å². The molecule has 0 heterocycles. The quantitative estimate of drug-likeness (QED) is 0.668. The molecule has 0 aromatic rings. The van der Waals surface area contributed by atoms with E-state index in [4.69, 9.17) is 4.74 Å². The van der Waals surface area contributed by atoms with Crippen LogP contribution in [0.4, 0.5) is 0 Å². The van der Waals surface area contributed by atoms with E-state index < -0.39 is 0 Å². The number of hydrogen-bond acceptors (Lipinski definition) is 2. The Labute approximate surface area is 99.4 Å². The van der Waals surface area contributed by atoms with Gasteiger partial charge in [0, 0.05) is 6.42 Å². The molecule has 0 aromatic heterocycles. The summed E-state index contributed by atoms with van der Waals surface area (Å²) in [6, 6.07) is 0. The summed E-state index contributed by atoms with van der Waals surface area (Å²) in [5.41, 5.74) is 0. The van der Waals surface area contributed by atoms with Gasteiger partial charge < -0.3 is 4.74 Å². The van der Waals surface area contributed by atoms with E-state index in [9.17, 15) is 4.79 Å². The maximum Gasteiger partial charge on any atom is 0.311 e. The predicted octanol–water partition coefficient (Wildman–Crippen LogP) is 4.23. The number of carbonyl (C=O) groups excluding carboxylic acids is 1. The van der Waals surface area contributed by atoms with Gasteiger partial charge in [-0.05, 0) is 37.3 Å². The Kier molecular flexibility index (Phi) is 8.59. The van der Waals surface area contributed by atoms with Crippen LogP contribution in [0.3, 0.4) is 0 Å². The summed E-state index contributed by atoms with van der Waals surface area (Å²) >= 11 is 0. The average Bonchev–Trinajstić information content (AvgIpc) is 2.30. The lowest BCUT2D eigenvalue weighted by atomic mass is 10.1. The highest BCUT2D eigenvalue weighted by Gasteiger charge is 2.07. The Balaban J connectivity index is 0.00000106. The van der Waals surface area contributed by atoms with Crippen LogP contribution in [0.15, 0.2) is 24.0 Å². The summed E-state index contributed by atoms with van der Waals surface area (Å²) < 4.78 is 5.18. The lowest BCUT2D eigenvalue weighted by molar-refractivity contribution is -0.139. The van der Waals surface area contributed by atoms with Gasteiger partial charge in [-0.25, -0.2) is 0 Å². The van der Waals surface area contributed by atoms with E-state index >= 15 is 0 Å². The number of ether oxygens (including phenoxy) is 1. The van der Waals surface area contributed by atoms with Crippen LogP contribution in [0.25, 0.3) is 0 Å². The summed E-state index contributed by atoms with van der Waals surface area (Å²) in [7, 11) is 0. The molecule has 0 saturated heterocycles. The molecule has 92 valence electrons. The predicted molar refractivity (Wildman–Crippen MR) is 68.0 cm³/mol. The first-order valence-corrected chi connectivity index (χ1v) is 6.26. The minimum atomic E-state index is -0.114. The normalized spacial score (nSPS) is 13.9. The third-order valence-electron chi connectivity index (χ3n) is 2.12. The zero-order valence-electron chi connectivity index (χ0n) is 11.0. The first-order chi connectivity index (χ1) is 7.68. The second-order valence-electron chi connectivity index (χ2n) is 3.99. The molecule has 16 heavy (non-hydrogen) atoms. The lowest BCUT2D eigenvalue weighted by Gasteiger charge is -2.08. The van der Waals surface area contributed by atoms with Gasteiger partial charge in [-0.3, -0.25) is 4.79 Å². The smallest absolute Gasteiger partial charge is 0.311 e. The fourth-order valence-electron chi connectivity index (χ4n) is 1.25. The van der Waals surface area contributed by atoms with Crippen molar-refractivity contribution < 1.29 is 9.53 Å². The van der Waals surface area contributed by atoms with Crippen molar-refractivity contribution in [1.82, 2.24) is 0 Å². The molecule has 1 aliphatic rings. The summed E-state index contributed by atoms with van der Waals surface area (Å²) in [5.74, 6) is 1.15. The van der Waals surface area contributed by atoms with Crippen LogP contribution in [0.1, 0.15) is 53.4 Å². The van der Waals surface area contributed by atoms with Crippen LogP contribution < -0.4 is 0 Å². The summed E-state index contributed by atoms with van der Waals surface area (Å²) in [6.07, 6.45) is 9.31. The van der Waals surface area contributed by atoms with E-state index in [1.807, 2.05) is 32.1 Å². The molecule has 0 amide bonds. The number of allylic oxidation sites excluding steroid dienone is 3. The molecule has 0 fully saturated rings. The maximum absolute atomic E-state index is 11.3. The Morgan fingerprint density at radius 1 is 1.38 bits per heavy atom. The van der Waals surface area contributed by atoms with Gasteiger partial charge >= 0.3 is 5.97 Å². The molecule has 0 N–H and O–H groups in total. The first kappa shape index (κ1) is 14.9. The van der Waals surface area contributed by atoms with E-state index in [1.165, 1.54) is 0 Å². The highest BCUT2D eigenvalue weighted by molar-refractivity contribution is 5.71. The molecular weight excluding hydrogens is 200 g/mol. The second-order valence-corrected chi connectivity index (χ2v) is 3.99. The molecule has 0 unspecified atom stereocenters. The molecule has 0 radical (unpaired) electrons. The molecule has 1 rings (SSSR count). The molecule has 2 nitrogen and oxygen atoms in total. The van der Waals surface area contributed by atoms with Crippen LogP contribution in [0.2, 0.25) is 0 Å². The Morgan fingerprint density at radius 2 is 2.06 bits per heavy atom. The monoisotopic (exact) mass is 224 g/mol. The van der Waals surface area contributed by atoms with E-state index in [1.54, 1.807) is 0 Å². The van der Waals surface area contributed by atoms with Gasteiger partial charge in [0.1, 0.15) is 5.76 Å². The van der Waals surface area contributed by atoms with Gasteiger partial charge in [-0.1, -0.05) is 33.8 Å². The molecule has 1 aliphatic carbocycles. The molecule has 0 bridgehead atoms. The SMILES string of the molecule is CC.CC(C)CCC(=O)OC1=CCCC=C1. The molecular formula is C14H24O2. The van der Waals surface area contributed by atoms with Gasteiger partial charge in [-0.15, -0.1) is 0 Å². The fourth-order valence-corrected chi connectivity index (χ4v) is 1.25. The van der Waals surface area contributed by atoms with Crippen LogP contribution in [-0.4, -0.2) is 5.97 Å². The number of hydrogen-bond donors (Lipinski definition) is 0. The van der Waals surface area contributed by atoms with E-state index in [0.717, 1.165) is 19.3 Å². The van der Waals surface area contributed by atoms with Crippen LogP contribution in [0.5, 0.6) is 0 Å². The number of carbonyl (C=O) groups is 1. The molecule has 0 saturated carbocycles. The van der Waals surface area contributed by atoms with Crippen molar-refractivity contribution in [2.45, 2.75) is 53.4 Å².